The zero-order valence-corrected chi connectivity index (χ0v) is 11.0. The van der Waals surface area contributed by atoms with Crippen molar-refractivity contribution >= 4 is 23.4 Å². The topological polar surface area (TPSA) is 73.3 Å². The highest BCUT2D eigenvalue weighted by atomic mass is 35.5. The summed E-state index contributed by atoms with van der Waals surface area (Å²) in [7, 11) is 0. The van der Waals surface area contributed by atoms with E-state index in [2.05, 4.69) is 15.3 Å². The van der Waals surface area contributed by atoms with Crippen LogP contribution in [0.2, 0.25) is 5.15 Å². The highest BCUT2D eigenvalue weighted by Gasteiger charge is 2.27. The van der Waals surface area contributed by atoms with E-state index in [-0.39, 0.29) is 23.3 Å². The minimum atomic E-state index is -0.551. The quantitative estimate of drug-likeness (QED) is 0.654. The molecule has 0 saturated carbocycles. The Morgan fingerprint density at radius 2 is 2.17 bits per heavy atom. The number of allylic oxidation sites excluding steroid dienone is 1. The number of carbonyl (C=O) groups is 1. The average Bonchev–Trinajstić information content (AvgIpc) is 2.27. The number of nitrogens with one attached hydrogen (secondary N) is 1. The van der Waals surface area contributed by atoms with Crippen LogP contribution in [0.5, 0.6) is 5.75 Å². The molecule has 0 radical (unpaired) electrons. The number of hydrogen-bond donors (Lipinski definition) is 1. The number of hydrogen-bond acceptors (Lipinski definition) is 6. The number of anilines is 1. The molecule has 0 atom stereocenters. The molecule has 0 unspecified atom stereocenters. The van der Waals surface area contributed by atoms with Crippen molar-refractivity contribution < 1.29 is 14.3 Å². The summed E-state index contributed by atoms with van der Waals surface area (Å²) < 4.78 is 10.3. The molecule has 7 heteroatoms. The molecule has 2 rings (SSSR count). The van der Waals surface area contributed by atoms with Gasteiger partial charge in [0.15, 0.2) is 11.0 Å². The highest BCUT2D eigenvalue weighted by molar-refractivity contribution is 6.31. The molecule has 1 aliphatic heterocycles. The molecule has 0 fully saturated rings. The van der Waals surface area contributed by atoms with Crippen LogP contribution in [-0.2, 0) is 9.53 Å². The van der Waals surface area contributed by atoms with Gasteiger partial charge in [-0.1, -0.05) is 11.6 Å². The Kier molecular flexibility index (Phi) is 3.38. The van der Waals surface area contributed by atoms with Gasteiger partial charge in [-0.25, -0.2) is 14.8 Å². The molecule has 18 heavy (non-hydrogen) atoms. The Morgan fingerprint density at radius 3 is 2.83 bits per heavy atom. The SMILES string of the molecule is CCOC(=O)C1=C(C)Nc2nc(C)nc(Cl)c2O1. The van der Waals surface area contributed by atoms with Gasteiger partial charge >= 0.3 is 5.97 Å². The van der Waals surface area contributed by atoms with E-state index in [9.17, 15) is 4.79 Å². The summed E-state index contributed by atoms with van der Waals surface area (Å²) in [5.74, 6) is 0.708. The number of ether oxygens (including phenoxy) is 2. The molecule has 6 nitrogen and oxygen atoms in total. The zero-order valence-electron chi connectivity index (χ0n) is 10.2. The summed E-state index contributed by atoms with van der Waals surface area (Å²) in [6, 6.07) is 0. The van der Waals surface area contributed by atoms with Crippen LogP contribution >= 0.6 is 11.6 Å². The van der Waals surface area contributed by atoms with Gasteiger partial charge < -0.3 is 14.8 Å². The molecule has 0 bridgehead atoms. The second-order valence-corrected chi connectivity index (χ2v) is 4.00. The van der Waals surface area contributed by atoms with Crippen molar-refractivity contribution in [2.75, 3.05) is 11.9 Å². The van der Waals surface area contributed by atoms with Crippen molar-refractivity contribution in [1.82, 2.24) is 9.97 Å². The average molecular weight is 270 g/mol. The summed E-state index contributed by atoms with van der Waals surface area (Å²) in [6.45, 7) is 5.40. The molecule has 1 N–H and O–H groups in total. The second-order valence-electron chi connectivity index (χ2n) is 3.64. The predicted molar refractivity (Wildman–Crippen MR) is 65.4 cm³/mol. The molecule has 1 aliphatic rings. The first kappa shape index (κ1) is 12.6. The van der Waals surface area contributed by atoms with E-state index in [0.29, 0.717) is 17.3 Å². The number of esters is 1. The number of aryl methyl sites for hydroxylation is 1. The normalized spacial score (nSPS) is 13.6. The molecule has 0 saturated heterocycles. The third-order valence-corrected chi connectivity index (χ3v) is 2.50. The molecular weight excluding hydrogens is 258 g/mol. The third kappa shape index (κ3) is 2.24. The number of nitrogens with zero attached hydrogens (tertiary/aromatic N) is 2. The lowest BCUT2D eigenvalue weighted by Crippen LogP contribution is -2.22. The molecule has 1 aromatic heterocycles. The lowest BCUT2D eigenvalue weighted by molar-refractivity contribution is -0.141. The molecule has 1 aromatic rings. The van der Waals surface area contributed by atoms with E-state index in [0.717, 1.165) is 0 Å². The summed E-state index contributed by atoms with van der Waals surface area (Å²) in [5.41, 5.74) is 0.523. The Morgan fingerprint density at radius 1 is 1.44 bits per heavy atom. The van der Waals surface area contributed by atoms with Crippen molar-refractivity contribution in [3.63, 3.8) is 0 Å². The van der Waals surface area contributed by atoms with Crippen molar-refractivity contribution in [2.24, 2.45) is 0 Å². The smallest absolute Gasteiger partial charge is 0.376 e. The standard InChI is InChI=1S/C11H12ClN3O3/c1-4-17-11(16)7-5(2)13-10-8(18-7)9(12)14-6(3)15-10/h4H2,1-3H3,(H,13,14,15). The number of fused-ring (bicyclic) bond motifs is 1. The Labute approximate surface area is 109 Å². The minimum Gasteiger partial charge on any atom is -0.460 e. The van der Waals surface area contributed by atoms with Gasteiger partial charge in [0.05, 0.1) is 12.3 Å². The Balaban J connectivity index is 2.37. The Hall–Kier alpha value is -1.82. The van der Waals surface area contributed by atoms with Gasteiger partial charge in [0.2, 0.25) is 11.5 Å². The van der Waals surface area contributed by atoms with Gasteiger partial charge in [0, 0.05) is 0 Å². The van der Waals surface area contributed by atoms with Gasteiger partial charge in [0.1, 0.15) is 5.82 Å². The van der Waals surface area contributed by atoms with E-state index in [1.807, 2.05) is 0 Å². The van der Waals surface area contributed by atoms with E-state index in [1.165, 1.54) is 0 Å². The van der Waals surface area contributed by atoms with Gasteiger partial charge in [-0.3, -0.25) is 0 Å². The van der Waals surface area contributed by atoms with E-state index in [1.54, 1.807) is 20.8 Å². The summed E-state index contributed by atoms with van der Waals surface area (Å²) >= 11 is 5.95. The maximum absolute atomic E-state index is 11.7. The van der Waals surface area contributed by atoms with Crippen LogP contribution in [0.3, 0.4) is 0 Å². The number of halogens is 1. The van der Waals surface area contributed by atoms with E-state index < -0.39 is 5.97 Å². The molecule has 0 aromatic carbocycles. The van der Waals surface area contributed by atoms with Crippen molar-refractivity contribution in [2.45, 2.75) is 20.8 Å². The molecule has 0 amide bonds. The Bertz CT molecular complexity index is 543. The lowest BCUT2D eigenvalue weighted by Gasteiger charge is -2.21. The maximum Gasteiger partial charge on any atom is 0.376 e. The van der Waals surface area contributed by atoms with Crippen LogP contribution in [0.4, 0.5) is 5.82 Å². The maximum atomic E-state index is 11.7. The van der Waals surface area contributed by atoms with E-state index >= 15 is 0 Å². The van der Waals surface area contributed by atoms with Crippen LogP contribution in [0, 0.1) is 6.92 Å². The molecule has 0 aliphatic carbocycles. The predicted octanol–water partition coefficient (Wildman–Crippen LogP) is 2.04. The monoisotopic (exact) mass is 269 g/mol. The molecule has 2 heterocycles. The summed E-state index contributed by atoms with van der Waals surface area (Å²) in [6.07, 6.45) is 0. The minimum absolute atomic E-state index is 0.0682. The number of aromatic nitrogens is 2. The van der Waals surface area contributed by atoms with E-state index in [4.69, 9.17) is 21.1 Å². The lowest BCUT2D eigenvalue weighted by atomic mass is 10.3. The van der Waals surface area contributed by atoms with Gasteiger partial charge in [-0.15, -0.1) is 0 Å². The largest absolute Gasteiger partial charge is 0.460 e. The zero-order chi connectivity index (χ0) is 13.3. The molecular formula is C11H12ClN3O3. The third-order valence-electron chi connectivity index (χ3n) is 2.25. The van der Waals surface area contributed by atoms with Crippen LogP contribution in [0.1, 0.15) is 19.7 Å². The fourth-order valence-electron chi connectivity index (χ4n) is 1.51. The molecule has 96 valence electrons. The fraction of sp³-hybridized carbons (Fsp3) is 0.364. The first-order chi connectivity index (χ1) is 8.52. The van der Waals surface area contributed by atoms with Crippen LogP contribution in [0.25, 0.3) is 0 Å². The number of carbonyl (C=O) groups excluding carboxylic acids is 1. The summed E-state index contributed by atoms with van der Waals surface area (Å²) in [4.78, 5) is 19.8. The van der Waals surface area contributed by atoms with Gasteiger partial charge in [-0.05, 0) is 20.8 Å². The van der Waals surface area contributed by atoms with Gasteiger partial charge in [-0.2, -0.15) is 0 Å². The van der Waals surface area contributed by atoms with Crippen LogP contribution < -0.4 is 10.1 Å². The van der Waals surface area contributed by atoms with Crippen molar-refractivity contribution in [1.29, 1.82) is 0 Å². The first-order valence-electron chi connectivity index (χ1n) is 5.40. The van der Waals surface area contributed by atoms with Crippen molar-refractivity contribution in [3.8, 4) is 5.75 Å². The summed E-state index contributed by atoms with van der Waals surface area (Å²) in [5, 5.41) is 3.10. The second kappa shape index (κ2) is 4.81. The van der Waals surface area contributed by atoms with Crippen LogP contribution in [-0.4, -0.2) is 22.5 Å². The molecule has 0 spiro atoms. The number of rotatable bonds is 2. The highest BCUT2D eigenvalue weighted by Crippen LogP contribution is 2.36. The van der Waals surface area contributed by atoms with Gasteiger partial charge in [0.25, 0.3) is 0 Å². The van der Waals surface area contributed by atoms with Crippen molar-refractivity contribution in [3.05, 3.63) is 22.4 Å². The first-order valence-corrected chi connectivity index (χ1v) is 5.77. The fourth-order valence-corrected chi connectivity index (χ4v) is 1.76. The van der Waals surface area contributed by atoms with Crippen LogP contribution in [0.15, 0.2) is 11.5 Å².